The van der Waals surface area contributed by atoms with Gasteiger partial charge < -0.3 is 9.47 Å². The molecule has 92 valence electrons. The van der Waals surface area contributed by atoms with E-state index in [2.05, 4.69) is 25.3 Å². The molecule has 1 unspecified atom stereocenters. The summed E-state index contributed by atoms with van der Waals surface area (Å²) in [5, 5.41) is 0. The van der Waals surface area contributed by atoms with E-state index in [1.807, 2.05) is 18.2 Å². The third-order valence-electron chi connectivity index (χ3n) is 2.35. The summed E-state index contributed by atoms with van der Waals surface area (Å²) in [4.78, 5) is 0. The number of hydrogen-bond donors (Lipinski definition) is 0. The van der Waals surface area contributed by atoms with Gasteiger partial charge in [-0.2, -0.15) is 0 Å². The first kappa shape index (κ1) is 13.7. The van der Waals surface area contributed by atoms with Crippen molar-refractivity contribution >= 4 is 0 Å². The molecule has 0 aromatic heterocycles. The molecule has 2 nitrogen and oxygen atoms in total. The summed E-state index contributed by atoms with van der Waals surface area (Å²) in [5.41, 5.74) is 1.18. The van der Waals surface area contributed by atoms with E-state index in [4.69, 9.17) is 9.47 Å². The first-order chi connectivity index (χ1) is 8.38. The van der Waals surface area contributed by atoms with Crippen LogP contribution in [-0.4, -0.2) is 19.8 Å². The highest BCUT2D eigenvalue weighted by atomic mass is 16.5. The second-order valence-electron chi connectivity index (χ2n) is 3.67. The average molecular weight is 232 g/mol. The highest BCUT2D eigenvalue weighted by Crippen LogP contribution is 2.20. The zero-order chi connectivity index (χ0) is 12.3. The third-order valence-corrected chi connectivity index (χ3v) is 2.35. The van der Waals surface area contributed by atoms with Gasteiger partial charge in [-0.05, 0) is 5.56 Å². The Labute approximate surface area is 104 Å². The predicted molar refractivity (Wildman–Crippen MR) is 71.0 cm³/mol. The largest absolute Gasteiger partial charge is 0.377 e. The number of ether oxygens (including phenoxy) is 2. The van der Waals surface area contributed by atoms with Crippen LogP contribution in [0.1, 0.15) is 18.1 Å². The summed E-state index contributed by atoms with van der Waals surface area (Å²) < 4.78 is 11.1. The average Bonchev–Trinajstić information content (AvgIpc) is 2.39. The molecule has 0 bridgehead atoms. The summed E-state index contributed by atoms with van der Waals surface area (Å²) >= 11 is 0. The lowest BCUT2D eigenvalue weighted by Crippen LogP contribution is -2.08. The molecule has 0 N–H and O–H groups in total. The Hall–Kier alpha value is -1.38. The van der Waals surface area contributed by atoms with Crippen molar-refractivity contribution in [3.05, 3.63) is 61.2 Å². The van der Waals surface area contributed by atoms with Crippen LogP contribution in [0.25, 0.3) is 0 Å². The molecule has 0 saturated carbocycles. The SMILES string of the molecule is C=CCOCCC(OCC=C)c1ccccc1. The molecular formula is C15H20O2. The van der Waals surface area contributed by atoms with Gasteiger partial charge in [-0.1, -0.05) is 42.5 Å². The van der Waals surface area contributed by atoms with Gasteiger partial charge in [0.05, 0.1) is 19.3 Å². The fraction of sp³-hybridized carbons (Fsp3) is 0.333. The van der Waals surface area contributed by atoms with E-state index >= 15 is 0 Å². The molecule has 0 aliphatic heterocycles. The van der Waals surface area contributed by atoms with E-state index in [0.29, 0.717) is 19.8 Å². The molecule has 17 heavy (non-hydrogen) atoms. The van der Waals surface area contributed by atoms with E-state index in [0.717, 1.165) is 6.42 Å². The standard InChI is InChI=1S/C15H20O2/c1-3-11-16-13-10-15(17-12-4-2)14-8-6-5-7-9-14/h3-9,15H,1-2,10-13H2. The van der Waals surface area contributed by atoms with E-state index in [1.54, 1.807) is 12.2 Å². The van der Waals surface area contributed by atoms with Crippen molar-refractivity contribution in [2.45, 2.75) is 12.5 Å². The van der Waals surface area contributed by atoms with Gasteiger partial charge in [-0.25, -0.2) is 0 Å². The fourth-order valence-electron chi connectivity index (χ4n) is 1.56. The Morgan fingerprint density at radius 3 is 2.41 bits per heavy atom. The molecule has 1 atom stereocenters. The van der Waals surface area contributed by atoms with Crippen LogP contribution < -0.4 is 0 Å². The molecule has 0 fully saturated rings. The highest BCUT2D eigenvalue weighted by Gasteiger charge is 2.10. The zero-order valence-corrected chi connectivity index (χ0v) is 10.2. The molecule has 1 aromatic carbocycles. The van der Waals surface area contributed by atoms with E-state index in [1.165, 1.54) is 5.56 Å². The van der Waals surface area contributed by atoms with Crippen LogP contribution in [-0.2, 0) is 9.47 Å². The van der Waals surface area contributed by atoms with Crippen molar-refractivity contribution in [3.63, 3.8) is 0 Å². The predicted octanol–water partition coefficient (Wildman–Crippen LogP) is 3.52. The first-order valence-corrected chi connectivity index (χ1v) is 5.84. The van der Waals surface area contributed by atoms with Crippen LogP contribution in [0, 0.1) is 0 Å². The van der Waals surface area contributed by atoms with Gasteiger partial charge in [-0.15, -0.1) is 13.2 Å². The molecule has 0 heterocycles. The molecule has 0 amide bonds. The number of rotatable bonds is 9. The molecular weight excluding hydrogens is 212 g/mol. The zero-order valence-electron chi connectivity index (χ0n) is 10.2. The van der Waals surface area contributed by atoms with E-state index in [-0.39, 0.29) is 6.10 Å². The molecule has 0 saturated heterocycles. The van der Waals surface area contributed by atoms with Crippen LogP contribution in [0.3, 0.4) is 0 Å². The van der Waals surface area contributed by atoms with Crippen molar-refractivity contribution in [2.24, 2.45) is 0 Å². The highest BCUT2D eigenvalue weighted by molar-refractivity contribution is 5.17. The van der Waals surface area contributed by atoms with Gasteiger partial charge in [0.2, 0.25) is 0 Å². The minimum Gasteiger partial charge on any atom is -0.377 e. The summed E-state index contributed by atoms with van der Waals surface area (Å²) in [7, 11) is 0. The van der Waals surface area contributed by atoms with Crippen LogP contribution in [0.5, 0.6) is 0 Å². The van der Waals surface area contributed by atoms with E-state index < -0.39 is 0 Å². The lowest BCUT2D eigenvalue weighted by molar-refractivity contribution is 0.0395. The Morgan fingerprint density at radius 1 is 1.06 bits per heavy atom. The normalized spacial score (nSPS) is 12.0. The summed E-state index contributed by atoms with van der Waals surface area (Å²) in [6, 6.07) is 10.2. The minimum atomic E-state index is 0.0685. The Kier molecular flexibility index (Phi) is 7.03. The van der Waals surface area contributed by atoms with Gasteiger partial charge in [0.25, 0.3) is 0 Å². The fourth-order valence-corrected chi connectivity index (χ4v) is 1.56. The van der Waals surface area contributed by atoms with Gasteiger partial charge >= 0.3 is 0 Å². The second kappa shape index (κ2) is 8.74. The van der Waals surface area contributed by atoms with Crippen LogP contribution >= 0.6 is 0 Å². The summed E-state index contributed by atoms with van der Waals surface area (Å²) in [5.74, 6) is 0. The molecule has 1 aromatic rings. The van der Waals surface area contributed by atoms with Crippen LogP contribution in [0.15, 0.2) is 55.6 Å². The van der Waals surface area contributed by atoms with Gasteiger partial charge in [0.1, 0.15) is 0 Å². The van der Waals surface area contributed by atoms with Crippen molar-refractivity contribution < 1.29 is 9.47 Å². The Bertz CT molecular complexity index is 319. The molecule has 0 radical (unpaired) electrons. The van der Waals surface area contributed by atoms with Crippen molar-refractivity contribution in [1.29, 1.82) is 0 Å². The van der Waals surface area contributed by atoms with Gasteiger partial charge in [0, 0.05) is 13.0 Å². The maximum absolute atomic E-state index is 5.73. The lowest BCUT2D eigenvalue weighted by atomic mass is 10.1. The lowest BCUT2D eigenvalue weighted by Gasteiger charge is -2.17. The Balaban J connectivity index is 2.48. The van der Waals surface area contributed by atoms with Crippen molar-refractivity contribution in [3.8, 4) is 0 Å². The van der Waals surface area contributed by atoms with E-state index in [9.17, 15) is 0 Å². The first-order valence-electron chi connectivity index (χ1n) is 5.84. The van der Waals surface area contributed by atoms with Gasteiger partial charge in [0.15, 0.2) is 0 Å². The van der Waals surface area contributed by atoms with Crippen LogP contribution in [0.2, 0.25) is 0 Å². The maximum Gasteiger partial charge on any atom is 0.0851 e. The van der Waals surface area contributed by atoms with Crippen molar-refractivity contribution in [2.75, 3.05) is 19.8 Å². The second-order valence-corrected chi connectivity index (χ2v) is 3.67. The number of benzene rings is 1. The molecule has 1 rings (SSSR count). The van der Waals surface area contributed by atoms with Crippen molar-refractivity contribution in [1.82, 2.24) is 0 Å². The topological polar surface area (TPSA) is 18.5 Å². The molecule has 2 heteroatoms. The molecule has 0 aliphatic carbocycles. The van der Waals surface area contributed by atoms with Gasteiger partial charge in [-0.3, -0.25) is 0 Å². The summed E-state index contributed by atoms with van der Waals surface area (Å²) in [6.07, 6.45) is 4.42. The van der Waals surface area contributed by atoms with Crippen LogP contribution in [0.4, 0.5) is 0 Å². The summed E-state index contributed by atoms with van der Waals surface area (Å²) in [6.45, 7) is 9.09. The minimum absolute atomic E-state index is 0.0685. The maximum atomic E-state index is 5.73. The quantitative estimate of drug-likeness (QED) is 0.479. The smallest absolute Gasteiger partial charge is 0.0851 e. The Morgan fingerprint density at radius 2 is 1.76 bits per heavy atom. The molecule has 0 spiro atoms. The monoisotopic (exact) mass is 232 g/mol. The number of hydrogen-bond acceptors (Lipinski definition) is 2. The third kappa shape index (κ3) is 5.48. The molecule has 0 aliphatic rings.